The third-order valence-corrected chi connectivity index (χ3v) is 1.45. The van der Waals surface area contributed by atoms with Crippen LogP contribution in [0.15, 0.2) is 15.8 Å². The van der Waals surface area contributed by atoms with E-state index in [9.17, 15) is 18.8 Å². The zero-order chi connectivity index (χ0) is 12.1. The summed E-state index contributed by atoms with van der Waals surface area (Å²) < 4.78 is 17.5. The number of methoxy groups -OCH3 is 1. The number of carbonyl (C=O) groups excluding carboxylic acids is 1. The Hall–Kier alpha value is -2.00. The fraction of sp³-hybridized carbons (Fsp3) is 0.286. The Bertz CT molecular complexity index is 494. The molecule has 88 valence electrons. The Kier molecular flexibility index (Phi) is 3.91. The van der Waals surface area contributed by atoms with Crippen molar-refractivity contribution in [3.05, 3.63) is 32.9 Å². The highest BCUT2D eigenvalue weighted by molar-refractivity contribution is 5.75. The minimum atomic E-state index is -1.26. The van der Waals surface area contributed by atoms with E-state index in [1.807, 2.05) is 0 Å². The molecule has 0 aliphatic heterocycles. The van der Waals surface area contributed by atoms with Crippen molar-refractivity contribution in [3.8, 4) is 0 Å². The van der Waals surface area contributed by atoms with Crippen LogP contribution < -0.4 is 16.7 Å². The van der Waals surface area contributed by atoms with Gasteiger partial charge in [0.1, 0.15) is 0 Å². The van der Waals surface area contributed by atoms with Gasteiger partial charge in [0.05, 0.1) is 6.20 Å². The number of nitrogens with one attached hydrogen (secondary N) is 2. The number of carbonyl (C=O) groups is 1. The van der Waals surface area contributed by atoms with Gasteiger partial charge in [-0.25, -0.2) is 24.5 Å². The number of halogens is 1. The molecule has 16 heavy (non-hydrogen) atoms. The van der Waals surface area contributed by atoms with E-state index in [1.165, 1.54) is 7.11 Å². The van der Waals surface area contributed by atoms with E-state index in [2.05, 4.69) is 9.57 Å². The average Bonchev–Trinajstić information content (AvgIpc) is 2.23. The second kappa shape index (κ2) is 5.19. The lowest BCUT2D eigenvalue weighted by Gasteiger charge is -2.05. The quantitative estimate of drug-likeness (QED) is 0.386. The number of hydrogen-bond acceptors (Lipinski definition) is 5. The molecular formula is C7H8FN3O5. The van der Waals surface area contributed by atoms with Gasteiger partial charge in [0, 0.05) is 7.11 Å². The Morgan fingerprint density at radius 2 is 2.31 bits per heavy atom. The van der Waals surface area contributed by atoms with Gasteiger partial charge < -0.3 is 4.74 Å². The smallest absolute Gasteiger partial charge is 0.353 e. The predicted molar refractivity (Wildman–Crippen MR) is 48.2 cm³/mol. The molecule has 1 rings (SSSR count). The van der Waals surface area contributed by atoms with Crippen LogP contribution in [0.4, 0.5) is 9.18 Å². The molecule has 0 radical (unpaired) electrons. The molecule has 0 aliphatic carbocycles. The van der Waals surface area contributed by atoms with Crippen molar-refractivity contribution in [3.63, 3.8) is 0 Å². The molecule has 0 saturated carbocycles. The van der Waals surface area contributed by atoms with Gasteiger partial charge in [-0.2, -0.15) is 4.39 Å². The first kappa shape index (κ1) is 12.1. The summed E-state index contributed by atoms with van der Waals surface area (Å²) in [6, 6.07) is -1.06. The molecule has 2 N–H and O–H groups in total. The van der Waals surface area contributed by atoms with Crippen LogP contribution in [0.25, 0.3) is 0 Å². The summed E-state index contributed by atoms with van der Waals surface area (Å²) in [5.41, 5.74) is -0.483. The Morgan fingerprint density at radius 1 is 1.62 bits per heavy atom. The summed E-state index contributed by atoms with van der Waals surface area (Å²) in [4.78, 5) is 38.9. The molecule has 0 spiro atoms. The van der Waals surface area contributed by atoms with Crippen molar-refractivity contribution in [2.24, 2.45) is 0 Å². The average molecular weight is 233 g/mol. The number of amides is 1. The van der Waals surface area contributed by atoms with E-state index in [1.54, 1.807) is 10.5 Å². The van der Waals surface area contributed by atoms with E-state index in [0.717, 1.165) is 0 Å². The van der Waals surface area contributed by atoms with Crippen molar-refractivity contribution < 1.29 is 18.8 Å². The number of rotatable bonds is 3. The Balaban J connectivity index is 2.88. The normalized spacial score (nSPS) is 10.1. The molecule has 0 unspecified atom stereocenters. The second-order valence-electron chi connectivity index (χ2n) is 2.56. The van der Waals surface area contributed by atoms with Crippen LogP contribution in [0, 0.1) is 5.82 Å². The van der Waals surface area contributed by atoms with Gasteiger partial charge in [0.25, 0.3) is 5.56 Å². The Morgan fingerprint density at radius 3 is 2.94 bits per heavy atom. The number of nitrogens with zero attached hydrogens (tertiary/aromatic N) is 1. The maximum atomic E-state index is 12.8. The van der Waals surface area contributed by atoms with Gasteiger partial charge in [0.2, 0.25) is 5.82 Å². The summed E-state index contributed by atoms with van der Waals surface area (Å²) >= 11 is 0. The topological polar surface area (TPSA) is 102 Å². The highest BCUT2D eigenvalue weighted by Gasteiger charge is 2.10. The summed E-state index contributed by atoms with van der Waals surface area (Å²) in [7, 11) is 1.32. The largest absolute Gasteiger partial charge is 0.356 e. The highest BCUT2D eigenvalue weighted by atomic mass is 19.1. The maximum Gasteiger partial charge on any atom is 0.353 e. The van der Waals surface area contributed by atoms with E-state index in [0.29, 0.717) is 10.8 Å². The monoisotopic (exact) mass is 233 g/mol. The van der Waals surface area contributed by atoms with E-state index in [-0.39, 0.29) is 6.79 Å². The third kappa shape index (κ3) is 2.74. The molecule has 1 aromatic rings. The second-order valence-corrected chi connectivity index (χ2v) is 2.56. The molecular weight excluding hydrogens is 225 g/mol. The van der Waals surface area contributed by atoms with Gasteiger partial charge >= 0.3 is 11.7 Å². The van der Waals surface area contributed by atoms with Crippen molar-refractivity contribution in [1.82, 2.24) is 15.0 Å². The molecule has 0 aliphatic rings. The first-order valence-electron chi connectivity index (χ1n) is 3.99. The lowest BCUT2D eigenvalue weighted by Crippen LogP contribution is -2.40. The van der Waals surface area contributed by atoms with Crippen LogP contribution in [0.5, 0.6) is 0 Å². The number of hydrogen-bond donors (Lipinski definition) is 2. The van der Waals surface area contributed by atoms with Gasteiger partial charge in [-0.05, 0) is 0 Å². The van der Waals surface area contributed by atoms with Crippen LogP contribution in [0.1, 0.15) is 0 Å². The zero-order valence-electron chi connectivity index (χ0n) is 8.15. The van der Waals surface area contributed by atoms with Crippen molar-refractivity contribution >= 4 is 6.03 Å². The fourth-order valence-corrected chi connectivity index (χ4v) is 0.798. The zero-order valence-corrected chi connectivity index (χ0v) is 8.15. The van der Waals surface area contributed by atoms with Crippen LogP contribution in [0.3, 0.4) is 0 Å². The van der Waals surface area contributed by atoms with Crippen LogP contribution in [0.2, 0.25) is 0 Å². The summed E-state index contributed by atoms with van der Waals surface area (Å²) in [5.74, 6) is -1.26. The third-order valence-electron chi connectivity index (χ3n) is 1.45. The molecule has 0 bridgehead atoms. The number of ether oxygens (including phenoxy) is 1. The molecule has 0 fully saturated rings. The van der Waals surface area contributed by atoms with Gasteiger partial charge in [0.15, 0.2) is 6.79 Å². The first-order chi connectivity index (χ1) is 7.56. The van der Waals surface area contributed by atoms with Crippen LogP contribution >= 0.6 is 0 Å². The number of H-pyrrole nitrogens is 1. The number of aromatic nitrogens is 2. The van der Waals surface area contributed by atoms with Crippen LogP contribution in [-0.2, 0) is 9.57 Å². The lowest BCUT2D eigenvalue weighted by atomic mass is 10.6. The van der Waals surface area contributed by atoms with Gasteiger partial charge in [-0.15, -0.1) is 0 Å². The molecule has 1 amide bonds. The van der Waals surface area contributed by atoms with Gasteiger partial charge in [-0.3, -0.25) is 9.78 Å². The highest BCUT2D eigenvalue weighted by Crippen LogP contribution is 1.84. The summed E-state index contributed by atoms with van der Waals surface area (Å²) in [6.45, 7) is -0.244. The molecule has 9 heteroatoms. The van der Waals surface area contributed by atoms with E-state index < -0.39 is 23.1 Å². The SMILES string of the molecule is COCONC(=O)n1cc(F)c(=O)[nH]c1=O. The minimum Gasteiger partial charge on any atom is -0.356 e. The minimum absolute atomic E-state index is 0.244. The Labute approximate surface area is 87.6 Å². The standard InChI is InChI=1S/C7H8FN3O5/c1-15-3-16-10-7(14)11-2-4(8)5(12)9-6(11)13/h2H,3H2,1H3,(H,10,14)(H,9,12,13). The first-order valence-corrected chi connectivity index (χ1v) is 3.99. The molecule has 1 aromatic heterocycles. The summed E-state index contributed by atoms with van der Waals surface area (Å²) in [5, 5.41) is 0. The van der Waals surface area contributed by atoms with E-state index >= 15 is 0 Å². The molecule has 8 nitrogen and oxygen atoms in total. The molecule has 0 aromatic carbocycles. The summed E-state index contributed by atoms with van der Waals surface area (Å²) in [6.07, 6.45) is 0.451. The lowest BCUT2D eigenvalue weighted by molar-refractivity contribution is -0.0663. The van der Waals surface area contributed by atoms with Gasteiger partial charge in [-0.1, -0.05) is 0 Å². The van der Waals surface area contributed by atoms with Crippen molar-refractivity contribution in [1.29, 1.82) is 0 Å². The van der Waals surface area contributed by atoms with Crippen molar-refractivity contribution in [2.45, 2.75) is 0 Å². The molecule has 1 heterocycles. The van der Waals surface area contributed by atoms with Crippen LogP contribution in [-0.4, -0.2) is 29.5 Å². The maximum absolute atomic E-state index is 12.8. The number of hydroxylamine groups is 1. The molecule has 0 saturated heterocycles. The van der Waals surface area contributed by atoms with Crippen molar-refractivity contribution in [2.75, 3.05) is 13.9 Å². The number of aromatic amines is 1. The van der Waals surface area contributed by atoms with E-state index in [4.69, 9.17) is 0 Å². The fourth-order valence-electron chi connectivity index (χ4n) is 0.798. The molecule has 0 atom stereocenters. The predicted octanol–water partition coefficient (Wildman–Crippen LogP) is -1.23.